The number of hydrogen-bond donors (Lipinski definition) is 2. The molecule has 1 heterocycles. The number of nitrogens with zero attached hydrogens (tertiary/aromatic N) is 4. The van der Waals surface area contributed by atoms with Crippen LogP contribution >= 0.6 is 24.0 Å². The first kappa shape index (κ1) is 25.1. The molecular weight excluding hydrogens is 471 g/mol. The molecule has 0 amide bonds. The van der Waals surface area contributed by atoms with Crippen molar-refractivity contribution >= 4 is 29.9 Å². The third-order valence-electron chi connectivity index (χ3n) is 4.93. The Kier molecular flexibility index (Phi) is 13.4. The summed E-state index contributed by atoms with van der Waals surface area (Å²) in [6.07, 6.45) is 9.03. The van der Waals surface area contributed by atoms with Crippen molar-refractivity contribution < 1.29 is 9.47 Å². The van der Waals surface area contributed by atoms with Gasteiger partial charge in [-0.3, -0.25) is 0 Å². The Morgan fingerprint density at radius 2 is 1.82 bits per heavy atom. The number of aromatic nitrogens is 3. The van der Waals surface area contributed by atoms with Gasteiger partial charge < -0.3 is 24.7 Å². The van der Waals surface area contributed by atoms with Gasteiger partial charge in [0.05, 0.1) is 12.7 Å². The minimum absolute atomic E-state index is 0. The van der Waals surface area contributed by atoms with Gasteiger partial charge in [-0.15, -0.1) is 34.2 Å². The van der Waals surface area contributed by atoms with E-state index in [1.165, 1.54) is 38.5 Å². The lowest BCUT2D eigenvalue weighted by Gasteiger charge is -2.17. The molecule has 1 aliphatic carbocycles. The summed E-state index contributed by atoms with van der Waals surface area (Å²) in [5.74, 6) is 2.51. The average Bonchev–Trinajstić information content (AvgIpc) is 2.87. The molecule has 1 fully saturated rings. The van der Waals surface area contributed by atoms with Crippen molar-refractivity contribution in [3.63, 3.8) is 0 Å². The summed E-state index contributed by atoms with van der Waals surface area (Å²) in [5, 5.41) is 15.0. The van der Waals surface area contributed by atoms with E-state index < -0.39 is 0 Å². The van der Waals surface area contributed by atoms with Gasteiger partial charge >= 0.3 is 0 Å². The summed E-state index contributed by atoms with van der Waals surface area (Å²) in [7, 11) is 3.67. The van der Waals surface area contributed by atoms with Crippen LogP contribution in [-0.4, -0.2) is 60.2 Å². The van der Waals surface area contributed by atoms with E-state index in [0.717, 1.165) is 43.7 Å². The summed E-state index contributed by atoms with van der Waals surface area (Å²) < 4.78 is 13.1. The van der Waals surface area contributed by atoms with Gasteiger partial charge in [-0.25, -0.2) is 4.99 Å². The summed E-state index contributed by atoms with van der Waals surface area (Å²) in [6, 6.07) is 0. The lowest BCUT2D eigenvalue weighted by Crippen LogP contribution is -2.40. The number of aryl methyl sites for hydroxylation is 1. The first-order valence-electron chi connectivity index (χ1n) is 10.2. The number of rotatable bonds is 10. The fourth-order valence-corrected chi connectivity index (χ4v) is 3.14. The molecule has 1 aliphatic rings. The van der Waals surface area contributed by atoms with E-state index in [9.17, 15) is 0 Å². The zero-order valence-corrected chi connectivity index (χ0v) is 19.9. The lowest BCUT2D eigenvalue weighted by atomic mass is 10.1. The molecule has 0 atom stereocenters. The third-order valence-corrected chi connectivity index (χ3v) is 4.93. The smallest absolute Gasteiger partial charge is 0.191 e. The lowest BCUT2D eigenvalue weighted by molar-refractivity contribution is 0.0468. The molecule has 9 heteroatoms. The second-order valence-corrected chi connectivity index (χ2v) is 7.07. The van der Waals surface area contributed by atoms with Crippen LogP contribution in [0.4, 0.5) is 0 Å². The Balaban J connectivity index is 0.00000392. The van der Waals surface area contributed by atoms with Crippen molar-refractivity contribution in [1.82, 2.24) is 25.4 Å². The van der Waals surface area contributed by atoms with Gasteiger partial charge in [0.25, 0.3) is 0 Å². The molecule has 0 radical (unpaired) electrons. The Labute approximate surface area is 186 Å². The van der Waals surface area contributed by atoms with Gasteiger partial charge in [0.2, 0.25) is 0 Å². The monoisotopic (exact) mass is 508 g/mol. The molecule has 162 valence electrons. The standard InChI is InChI=1S/C19H36N6O2.HI/c1-16-23-24-18(25(16)2)15-22-19(20-11-8-13-26-3)21-12-14-27-17-9-6-4-5-7-10-17;/h17H,4-15H2,1-3H3,(H2,20,21,22);1H. The van der Waals surface area contributed by atoms with Gasteiger partial charge in [-0.1, -0.05) is 25.7 Å². The van der Waals surface area contributed by atoms with Gasteiger partial charge in [0, 0.05) is 33.9 Å². The first-order chi connectivity index (χ1) is 13.2. The van der Waals surface area contributed by atoms with E-state index >= 15 is 0 Å². The molecule has 0 saturated heterocycles. The molecule has 1 aromatic rings. The van der Waals surface area contributed by atoms with E-state index in [2.05, 4.69) is 25.8 Å². The van der Waals surface area contributed by atoms with Crippen LogP contribution in [0.5, 0.6) is 0 Å². The Bertz CT molecular complexity index is 559. The highest BCUT2D eigenvalue weighted by molar-refractivity contribution is 14.0. The zero-order chi connectivity index (χ0) is 19.3. The van der Waals surface area contributed by atoms with Crippen LogP contribution in [0.2, 0.25) is 0 Å². The van der Waals surface area contributed by atoms with Crippen molar-refractivity contribution in [2.75, 3.05) is 33.4 Å². The Morgan fingerprint density at radius 1 is 1.11 bits per heavy atom. The highest BCUT2D eigenvalue weighted by Crippen LogP contribution is 2.19. The largest absolute Gasteiger partial charge is 0.385 e. The van der Waals surface area contributed by atoms with Gasteiger partial charge in [0.1, 0.15) is 12.4 Å². The number of aliphatic imine (C=N–C) groups is 1. The summed E-state index contributed by atoms with van der Waals surface area (Å²) in [6.45, 7) is 5.40. The van der Waals surface area contributed by atoms with Crippen LogP contribution in [-0.2, 0) is 23.1 Å². The molecule has 0 unspecified atom stereocenters. The van der Waals surface area contributed by atoms with E-state index in [0.29, 0.717) is 19.3 Å². The predicted molar refractivity (Wildman–Crippen MR) is 122 cm³/mol. The van der Waals surface area contributed by atoms with Crippen LogP contribution in [0.1, 0.15) is 56.6 Å². The second-order valence-electron chi connectivity index (χ2n) is 7.07. The molecule has 2 N–H and O–H groups in total. The molecule has 0 bridgehead atoms. The van der Waals surface area contributed by atoms with E-state index in [1.54, 1.807) is 7.11 Å². The van der Waals surface area contributed by atoms with Crippen LogP contribution < -0.4 is 10.6 Å². The average molecular weight is 508 g/mol. The topological polar surface area (TPSA) is 85.6 Å². The van der Waals surface area contributed by atoms with Crippen molar-refractivity contribution in [3.05, 3.63) is 11.6 Å². The first-order valence-corrected chi connectivity index (χ1v) is 10.2. The number of methoxy groups -OCH3 is 1. The molecular formula is C19H37IN6O2. The molecule has 0 aromatic carbocycles. The minimum atomic E-state index is 0. The van der Waals surface area contributed by atoms with E-state index in [-0.39, 0.29) is 24.0 Å². The quantitative estimate of drug-likeness (QED) is 0.166. The minimum Gasteiger partial charge on any atom is -0.385 e. The normalized spacial score (nSPS) is 15.8. The van der Waals surface area contributed by atoms with Crippen molar-refractivity contribution in [3.8, 4) is 0 Å². The maximum absolute atomic E-state index is 6.05. The summed E-state index contributed by atoms with van der Waals surface area (Å²) >= 11 is 0. The number of halogens is 1. The second kappa shape index (κ2) is 15.0. The predicted octanol–water partition coefficient (Wildman–Crippen LogP) is 2.55. The van der Waals surface area contributed by atoms with Crippen LogP contribution in [0, 0.1) is 6.92 Å². The number of guanidine groups is 1. The maximum atomic E-state index is 6.05. The Hall–Kier alpha value is -0.940. The van der Waals surface area contributed by atoms with Crippen LogP contribution in [0.3, 0.4) is 0 Å². The Morgan fingerprint density at radius 3 is 2.46 bits per heavy atom. The number of ether oxygens (including phenoxy) is 2. The third kappa shape index (κ3) is 9.51. The summed E-state index contributed by atoms with van der Waals surface area (Å²) in [5.41, 5.74) is 0. The molecule has 2 rings (SSSR count). The molecule has 1 saturated carbocycles. The molecule has 1 aromatic heterocycles. The molecule has 0 spiro atoms. The SMILES string of the molecule is COCCCNC(=NCc1nnc(C)n1C)NCCOC1CCCCCC1.I. The van der Waals surface area contributed by atoms with Crippen molar-refractivity contribution in [2.45, 2.75) is 64.5 Å². The molecule has 8 nitrogen and oxygen atoms in total. The number of hydrogen-bond acceptors (Lipinski definition) is 5. The van der Waals surface area contributed by atoms with Gasteiger partial charge in [-0.2, -0.15) is 0 Å². The fourth-order valence-electron chi connectivity index (χ4n) is 3.14. The van der Waals surface area contributed by atoms with E-state index in [4.69, 9.17) is 9.47 Å². The van der Waals surface area contributed by atoms with Crippen molar-refractivity contribution in [1.29, 1.82) is 0 Å². The zero-order valence-electron chi connectivity index (χ0n) is 17.6. The maximum Gasteiger partial charge on any atom is 0.191 e. The van der Waals surface area contributed by atoms with Gasteiger partial charge in [-0.05, 0) is 26.2 Å². The van der Waals surface area contributed by atoms with E-state index in [1.807, 2.05) is 18.5 Å². The highest BCUT2D eigenvalue weighted by atomic mass is 127. The fraction of sp³-hybridized carbons (Fsp3) is 0.842. The van der Waals surface area contributed by atoms with Crippen molar-refractivity contribution in [2.24, 2.45) is 12.0 Å². The number of nitrogens with one attached hydrogen (secondary N) is 2. The molecule has 0 aliphatic heterocycles. The highest BCUT2D eigenvalue weighted by Gasteiger charge is 2.12. The van der Waals surface area contributed by atoms with Crippen LogP contribution in [0.25, 0.3) is 0 Å². The summed E-state index contributed by atoms with van der Waals surface area (Å²) in [4.78, 5) is 4.64. The molecule has 28 heavy (non-hydrogen) atoms. The van der Waals surface area contributed by atoms with Crippen LogP contribution in [0.15, 0.2) is 4.99 Å². The van der Waals surface area contributed by atoms with Gasteiger partial charge in [0.15, 0.2) is 11.8 Å².